The lowest BCUT2D eigenvalue weighted by Gasteiger charge is -2.17. The molecule has 1 aromatic heterocycles. The first-order chi connectivity index (χ1) is 10.2. The van der Waals surface area contributed by atoms with Crippen molar-refractivity contribution in [2.75, 3.05) is 13.7 Å². The molecule has 1 atom stereocenters. The number of nitrogens with one attached hydrogen (secondary N) is 1. The van der Waals surface area contributed by atoms with E-state index in [-0.39, 0.29) is 11.7 Å². The second-order valence-corrected chi connectivity index (χ2v) is 5.10. The van der Waals surface area contributed by atoms with Crippen molar-refractivity contribution in [2.24, 2.45) is 7.05 Å². The van der Waals surface area contributed by atoms with Crippen LogP contribution in [0.25, 0.3) is 0 Å². The summed E-state index contributed by atoms with van der Waals surface area (Å²) in [6.07, 6.45) is 4.58. The van der Waals surface area contributed by atoms with Crippen molar-refractivity contribution in [1.29, 1.82) is 0 Å². The molecule has 1 aromatic carbocycles. The average molecular weight is 289 g/mol. The molecule has 0 spiro atoms. The van der Waals surface area contributed by atoms with E-state index in [1.54, 1.807) is 22.4 Å². The molecule has 0 aliphatic carbocycles. The van der Waals surface area contributed by atoms with Crippen molar-refractivity contribution in [3.8, 4) is 5.75 Å². The fraction of sp³-hybridized carbons (Fsp3) is 0.438. The fourth-order valence-corrected chi connectivity index (χ4v) is 2.23. The third-order valence-electron chi connectivity index (χ3n) is 3.50. The van der Waals surface area contributed by atoms with Crippen molar-refractivity contribution >= 4 is 0 Å². The highest BCUT2D eigenvalue weighted by atomic mass is 16.5. The van der Waals surface area contributed by atoms with Crippen LogP contribution in [0.3, 0.4) is 0 Å². The lowest BCUT2D eigenvalue weighted by Crippen LogP contribution is -2.29. The zero-order valence-corrected chi connectivity index (χ0v) is 12.9. The van der Waals surface area contributed by atoms with E-state index in [0.717, 1.165) is 24.3 Å². The first-order valence-electron chi connectivity index (χ1n) is 7.27. The van der Waals surface area contributed by atoms with Crippen LogP contribution in [0.5, 0.6) is 5.75 Å². The number of rotatable bonds is 7. The van der Waals surface area contributed by atoms with Gasteiger partial charge in [-0.1, -0.05) is 19.1 Å². The molecule has 2 aromatic rings. The predicted molar refractivity (Wildman–Crippen MR) is 83.7 cm³/mol. The largest absolute Gasteiger partial charge is 0.494 e. The molecule has 0 bridgehead atoms. The number of benzene rings is 1. The Morgan fingerprint density at radius 3 is 2.48 bits per heavy atom. The minimum atomic E-state index is -0.00171. The van der Waals surface area contributed by atoms with Gasteiger partial charge in [0.05, 0.1) is 12.6 Å². The molecular formula is C16H23N3O2. The van der Waals surface area contributed by atoms with Gasteiger partial charge in [0, 0.05) is 26.0 Å². The number of imidazole rings is 1. The lowest BCUT2D eigenvalue weighted by molar-refractivity contribution is 0.317. The van der Waals surface area contributed by atoms with E-state index in [4.69, 9.17) is 4.74 Å². The van der Waals surface area contributed by atoms with Gasteiger partial charge < -0.3 is 14.6 Å². The zero-order chi connectivity index (χ0) is 15.2. The first-order valence-corrected chi connectivity index (χ1v) is 7.27. The van der Waals surface area contributed by atoms with Crippen molar-refractivity contribution in [2.45, 2.75) is 25.9 Å². The Hall–Kier alpha value is -2.01. The summed E-state index contributed by atoms with van der Waals surface area (Å²) in [6.45, 7) is 3.42. The molecule has 0 saturated heterocycles. The van der Waals surface area contributed by atoms with Crippen LogP contribution in [-0.4, -0.2) is 22.8 Å². The quantitative estimate of drug-likeness (QED) is 0.847. The highest BCUT2D eigenvalue weighted by Crippen LogP contribution is 2.19. The Labute approximate surface area is 125 Å². The Balaban J connectivity index is 2.10. The molecule has 0 amide bonds. The van der Waals surface area contributed by atoms with E-state index >= 15 is 0 Å². The van der Waals surface area contributed by atoms with E-state index in [2.05, 4.69) is 12.2 Å². The summed E-state index contributed by atoms with van der Waals surface area (Å²) in [4.78, 5) is 11.9. The maximum absolute atomic E-state index is 11.9. The van der Waals surface area contributed by atoms with Crippen LogP contribution in [-0.2, 0) is 13.6 Å². The van der Waals surface area contributed by atoms with Crippen LogP contribution in [0.15, 0.2) is 41.5 Å². The molecular weight excluding hydrogens is 266 g/mol. The fourth-order valence-electron chi connectivity index (χ4n) is 2.23. The molecule has 21 heavy (non-hydrogen) atoms. The van der Waals surface area contributed by atoms with E-state index < -0.39 is 0 Å². The van der Waals surface area contributed by atoms with Crippen LogP contribution >= 0.6 is 0 Å². The summed E-state index contributed by atoms with van der Waals surface area (Å²) < 4.78 is 8.87. The number of aromatic nitrogens is 2. The Morgan fingerprint density at radius 2 is 1.95 bits per heavy atom. The van der Waals surface area contributed by atoms with E-state index in [0.29, 0.717) is 6.54 Å². The molecule has 5 nitrogen and oxygen atoms in total. The Morgan fingerprint density at radius 1 is 1.24 bits per heavy atom. The normalized spacial score (nSPS) is 12.3. The van der Waals surface area contributed by atoms with E-state index in [1.807, 2.05) is 37.5 Å². The molecule has 1 N–H and O–H groups in total. The van der Waals surface area contributed by atoms with Gasteiger partial charge in [-0.2, -0.15) is 0 Å². The third-order valence-corrected chi connectivity index (χ3v) is 3.50. The second kappa shape index (κ2) is 7.13. The third kappa shape index (κ3) is 3.76. The summed E-state index contributed by atoms with van der Waals surface area (Å²) in [5, 5.41) is 3.26. The standard InChI is InChI=1S/C16H23N3O2/c1-4-11-21-14-7-5-13(6-8-14)15(17-2)12-19-10-9-18(3)16(19)20/h5-10,15,17H,4,11-12H2,1-3H3. The molecule has 1 heterocycles. The molecule has 2 rings (SSSR count). The smallest absolute Gasteiger partial charge is 0.327 e. The lowest BCUT2D eigenvalue weighted by atomic mass is 10.1. The summed E-state index contributed by atoms with van der Waals surface area (Å²) in [5.74, 6) is 0.882. The minimum absolute atomic E-state index is 0.00171. The number of aryl methyl sites for hydroxylation is 1. The van der Waals surface area contributed by atoms with Crippen LogP contribution in [0.1, 0.15) is 24.9 Å². The molecule has 0 aliphatic heterocycles. The summed E-state index contributed by atoms with van der Waals surface area (Å²) >= 11 is 0. The van der Waals surface area contributed by atoms with Gasteiger partial charge in [-0.25, -0.2) is 4.79 Å². The summed E-state index contributed by atoms with van der Waals surface area (Å²) in [5.41, 5.74) is 1.13. The van der Waals surface area contributed by atoms with Crippen LogP contribution in [0.4, 0.5) is 0 Å². The van der Waals surface area contributed by atoms with Gasteiger partial charge in [-0.15, -0.1) is 0 Å². The van der Waals surface area contributed by atoms with Crippen molar-refractivity contribution in [1.82, 2.24) is 14.5 Å². The number of likely N-dealkylation sites (N-methyl/N-ethyl adjacent to an activating group) is 1. The zero-order valence-electron chi connectivity index (χ0n) is 12.9. The van der Waals surface area contributed by atoms with Gasteiger partial charge in [0.1, 0.15) is 5.75 Å². The number of ether oxygens (including phenoxy) is 1. The molecule has 5 heteroatoms. The molecule has 0 radical (unpaired) electrons. The van der Waals surface area contributed by atoms with Gasteiger partial charge in [0.2, 0.25) is 0 Å². The maximum atomic E-state index is 11.9. The number of hydrogen-bond acceptors (Lipinski definition) is 3. The van der Waals surface area contributed by atoms with Gasteiger partial charge in [-0.3, -0.25) is 4.57 Å². The van der Waals surface area contributed by atoms with Crippen LogP contribution in [0, 0.1) is 0 Å². The number of nitrogens with zero attached hydrogens (tertiary/aromatic N) is 2. The molecule has 0 saturated carbocycles. The van der Waals surface area contributed by atoms with Gasteiger partial charge >= 0.3 is 5.69 Å². The SMILES string of the molecule is CCCOc1ccc(C(Cn2ccn(C)c2=O)NC)cc1. The average Bonchev–Trinajstić information content (AvgIpc) is 2.83. The van der Waals surface area contributed by atoms with Crippen LogP contribution < -0.4 is 15.7 Å². The van der Waals surface area contributed by atoms with E-state index in [1.165, 1.54) is 0 Å². The van der Waals surface area contributed by atoms with Crippen LogP contribution in [0.2, 0.25) is 0 Å². The summed E-state index contributed by atoms with van der Waals surface area (Å²) in [7, 11) is 3.66. The second-order valence-electron chi connectivity index (χ2n) is 5.10. The highest BCUT2D eigenvalue weighted by molar-refractivity contribution is 5.29. The predicted octanol–water partition coefficient (Wildman–Crippen LogP) is 1.94. The van der Waals surface area contributed by atoms with E-state index in [9.17, 15) is 4.79 Å². The monoisotopic (exact) mass is 289 g/mol. The molecule has 114 valence electrons. The minimum Gasteiger partial charge on any atom is -0.494 e. The molecule has 0 aliphatic rings. The number of hydrogen-bond donors (Lipinski definition) is 1. The first kappa shape index (κ1) is 15.4. The van der Waals surface area contributed by atoms with Crippen molar-refractivity contribution in [3.63, 3.8) is 0 Å². The maximum Gasteiger partial charge on any atom is 0.327 e. The topological polar surface area (TPSA) is 48.2 Å². The van der Waals surface area contributed by atoms with Gasteiger partial charge in [-0.05, 0) is 31.2 Å². The molecule has 1 unspecified atom stereocenters. The van der Waals surface area contributed by atoms with Gasteiger partial charge in [0.15, 0.2) is 0 Å². The van der Waals surface area contributed by atoms with Crippen molar-refractivity contribution in [3.05, 3.63) is 52.7 Å². The van der Waals surface area contributed by atoms with Crippen molar-refractivity contribution < 1.29 is 4.74 Å². The molecule has 0 fully saturated rings. The Kier molecular flexibility index (Phi) is 5.22. The Bertz CT molecular complexity index is 613. The summed E-state index contributed by atoms with van der Waals surface area (Å²) in [6, 6.07) is 8.12. The highest BCUT2D eigenvalue weighted by Gasteiger charge is 2.12. The van der Waals surface area contributed by atoms with Gasteiger partial charge in [0.25, 0.3) is 0 Å².